The third-order valence-electron chi connectivity index (χ3n) is 2.83. The maximum atomic E-state index is 5.56. The highest BCUT2D eigenvalue weighted by molar-refractivity contribution is 5.40. The zero-order valence-corrected chi connectivity index (χ0v) is 11.1. The molecule has 2 aromatic rings. The number of nitrogen functional groups attached to an aromatic ring is 1. The van der Waals surface area contributed by atoms with Gasteiger partial charge in [0.2, 0.25) is 0 Å². The lowest BCUT2D eigenvalue weighted by Crippen LogP contribution is -2.01. The standard InChI is InChI=1S/C14H17N3O2/c1-18-12-4-5-13(19-2)10(7-12)3-6-14-16-8-11(15)9-17-14/h4-5,7-9H,3,6,15H2,1-2H3. The smallest absolute Gasteiger partial charge is 0.128 e. The number of hydrogen-bond donors (Lipinski definition) is 1. The van der Waals surface area contributed by atoms with Crippen LogP contribution in [-0.2, 0) is 12.8 Å². The van der Waals surface area contributed by atoms with Crippen LogP contribution in [0.25, 0.3) is 0 Å². The molecular formula is C14H17N3O2. The summed E-state index contributed by atoms with van der Waals surface area (Å²) in [4.78, 5) is 8.37. The number of hydrogen-bond acceptors (Lipinski definition) is 5. The Bertz CT molecular complexity index is 541. The number of aromatic nitrogens is 2. The van der Waals surface area contributed by atoms with Crippen LogP contribution in [0.3, 0.4) is 0 Å². The summed E-state index contributed by atoms with van der Waals surface area (Å²) in [5.41, 5.74) is 7.20. The molecule has 1 heterocycles. The van der Waals surface area contributed by atoms with Crippen LogP contribution in [0.5, 0.6) is 11.5 Å². The van der Waals surface area contributed by atoms with E-state index in [1.807, 2.05) is 18.2 Å². The molecule has 0 unspecified atom stereocenters. The quantitative estimate of drug-likeness (QED) is 0.887. The zero-order chi connectivity index (χ0) is 13.7. The van der Waals surface area contributed by atoms with Crippen molar-refractivity contribution in [1.29, 1.82) is 0 Å². The van der Waals surface area contributed by atoms with Crippen LogP contribution in [0.1, 0.15) is 11.4 Å². The molecule has 2 N–H and O–H groups in total. The summed E-state index contributed by atoms with van der Waals surface area (Å²) in [5.74, 6) is 2.42. The van der Waals surface area contributed by atoms with E-state index in [4.69, 9.17) is 15.2 Å². The van der Waals surface area contributed by atoms with Crippen LogP contribution in [0.15, 0.2) is 30.6 Å². The van der Waals surface area contributed by atoms with Gasteiger partial charge in [-0.25, -0.2) is 9.97 Å². The van der Waals surface area contributed by atoms with E-state index in [1.165, 1.54) is 0 Å². The maximum Gasteiger partial charge on any atom is 0.128 e. The summed E-state index contributed by atoms with van der Waals surface area (Å²) in [6.07, 6.45) is 4.74. The average Bonchev–Trinajstić information content (AvgIpc) is 2.46. The molecule has 0 radical (unpaired) electrons. The van der Waals surface area contributed by atoms with Gasteiger partial charge in [0.1, 0.15) is 17.3 Å². The first kappa shape index (κ1) is 13.1. The van der Waals surface area contributed by atoms with Crippen LogP contribution in [0, 0.1) is 0 Å². The highest BCUT2D eigenvalue weighted by Gasteiger charge is 2.06. The summed E-state index contributed by atoms with van der Waals surface area (Å²) in [5, 5.41) is 0. The Labute approximate surface area is 112 Å². The van der Waals surface area contributed by atoms with Crippen molar-refractivity contribution >= 4 is 5.69 Å². The molecule has 1 aromatic carbocycles. The van der Waals surface area contributed by atoms with Gasteiger partial charge >= 0.3 is 0 Å². The predicted octanol–water partition coefficient (Wildman–Crippen LogP) is 1.86. The molecule has 100 valence electrons. The van der Waals surface area contributed by atoms with Crippen molar-refractivity contribution in [2.45, 2.75) is 12.8 Å². The van der Waals surface area contributed by atoms with Crippen molar-refractivity contribution in [3.05, 3.63) is 42.0 Å². The number of benzene rings is 1. The second-order valence-electron chi connectivity index (χ2n) is 4.11. The molecule has 0 bridgehead atoms. The van der Waals surface area contributed by atoms with E-state index in [1.54, 1.807) is 26.6 Å². The molecule has 0 atom stereocenters. The number of methoxy groups -OCH3 is 2. The molecular weight excluding hydrogens is 242 g/mol. The van der Waals surface area contributed by atoms with Crippen molar-refractivity contribution in [2.24, 2.45) is 0 Å². The summed E-state index contributed by atoms with van der Waals surface area (Å²) in [7, 11) is 3.31. The van der Waals surface area contributed by atoms with Crippen molar-refractivity contribution in [3.63, 3.8) is 0 Å². The van der Waals surface area contributed by atoms with Gasteiger partial charge in [0.05, 0.1) is 32.3 Å². The molecule has 5 heteroatoms. The van der Waals surface area contributed by atoms with Gasteiger partial charge in [-0.05, 0) is 30.2 Å². The van der Waals surface area contributed by atoms with Crippen LogP contribution in [0.2, 0.25) is 0 Å². The number of ether oxygens (including phenoxy) is 2. The molecule has 0 aliphatic rings. The van der Waals surface area contributed by atoms with Gasteiger partial charge in [0.15, 0.2) is 0 Å². The van der Waals surface area contributed by atoms with E-state index >= 15 is 0 Å². The first-order chi connectivity index (χ1) is 9.22. The Morgan fingerprint density at radius 3 is 2.42 bits per heavy atom. The van der Waals surface area contributed by atoms with E-state index in [2.05, 4.69) is 9.97 Å². The first-order valence-electron chi connectivity index (χ1n) is 6.00. The number of rotatable bonds is 5. The summed E-state index contributed by atoms with van der Waals surface area (Å²) < 4.78 is 10.6. The zero-order valence-electron chi connectivity index (χ0n) is 11.1. The Morgan fingerprint density at radius 2 is 1.79 bits per heavy atom. The molecule has 0 spiro atoms. The fourth-order valence-electron chi connectivity index (χ4n) is 1.82. The Balaban J connectivity index is 2.11. The molecule has 0 fully saturated rings. The monoisotopic (exact) mass is 259 g/mol. The average molecular weight is 259 g/mol. The van der Waals surface area contributed by atoms with Gasteiger partial charge < -0.3 is 15.2 Å². The van der Waals surface area contributed by atoms with Crippen molar-refractivity contribution in [2.75, 3.05) is 20.0 Å². The van der Waals surface area contributed by atoms with Gasteiger partial charge in [-0.15, -0.1) is 0 Å². The summed E-state index contributed by atoms with van der Waals surface area (Å²) >= 11 is 0. The minimum atomic E-state index is 0.572. The Hall–Kier alpha value is -2.30. The lowest BCUT2D eigenvalue weighted by molar-refractivity contribution is 0.398. The van der Waals surface area contributed by atoms with Crippen LogP contribution >= 0.6 is 0 Å². The maximum absolute atomic E-state index is 5.56. The third-order valence-corrected chi connectivity index (χ3v) is 2.83. The van der Waals surface area contributed by atoms with Gasteiger partial charge in [0.25, 0.3) is 0 Å². The number of anilines is 1. The van der Waals surface area contributed by atoms with E-state index in [-0.39, 0.29) is 0 Å². The fourth-order valence-corrected chi connectivity index (χ4v) is 1.82. The number of nitrogens with two attached hydrogens (primary N) is 1. The number of nitrogens with zero attached hydrogens (tertiary/aromatic N) is 2. The Kier molecular flexibility index (Phi) is 4.18. The third kappa shape index (κ3) is 3.34. The molecule has 2 rings (SSSR count). The fraction of sp³-hybridized carbons (Fsp3) is 0.286. The lowest BCUT2D eigenvalue weighted by atomic mass is 10.1. The van der Waals surface area contributed by atoms with Crippen LogP contribution in [-0.4, -0.2) is 24.2 Å². The van der Waals surface area contributed by atoms with E-state index in [9.17, 15) is 0 Å². The highest BCUT2D eigenvalue weighted by atomic mass is 16.5. The first-order valence-corrected chi connectivity index (χ1v) is 6.00. The van der Waals surface area contributed by atoms with Crippen LogP contribution < -0.4 is 15.2 Å². The second-order valence-corrected chi connectivity index (χ2v) is 4.11. The minimum absolute atomic E-state index is 0.572. The van der Waals surface area contributed by atoms with Crippen molar-refractivity contribution < 1.29 is 9.47 Å². The molecule has 0 saturated heterocycles. The minimum Gasteiger partial charge on any atom is -0.497 e. The Morgan fingerprint density at radius 1 is 1.05 bits per heavy atom. The highest BCUT2D eigenvalue weighted by Crippen LogP contribution is 2.24. The van der Waals surface area contributed by atoms with Gasteiger partial charge in [0, 0.05) is 6.42 Å². The summed E-state index contributed by atoms with van der Waals surface area (Å²) in [6.45, 7) is 0. The van der Waals surface area contributed by atoms with Gasteiger partial charge in [-0.3, -0.25) is 0 Å². The molecule has 0 aliphatic heterocycles. The topological polar surface area (TPSA) is 70.3 Å². The van der Waals surface area contributed by atoms with Gasteiger partial charge in [-0.1, -0.05) is 0 Å². The number of aryl methyl sites for hydroxylation is 2. The molecule has 5 nitrogen and oxygen atoms in total. The van der Waals surface area contributed by atoms with Crippen molar-refractivity contribution in [3.8, 4) is 11.5 Å². The second kappa shape index (κ2) is 6.04. The molecule has 1 aromatic heterocycles. The van der Waals surface area contributed by atoms with E-state index in [0.717, 1.165) is 35.7 Å². The normalized spacial score (nSPS) is 10.2. The lowest BCUT2D eigenvalue weighted by Gasteiger charge is -2.10. The van der Waals surface area contributed by atoms with Crippen LogP contribution in [0.4, 0.5) is 5.69 Å². The molecule has 0 saturated carbocycles. The summed E-state index contributed by atoms with van der Waals surface area (Å²) in [6, 6.07) is 5.75. The van der Waals surface area contributed by atoms with E-state index < -0.39 is 0 Å². The molecule has 19 heavy (non-hydrogen) atoms. The predicted molar refractivity (Wildman–Crippen MR) is 73.4 cm³/mol. The van der Waals surface area contributed by atoms with Crippen molar-refractivity contribution in [1.82, 2.24) is 9.97 Å². The largest absolute Gasteiger partial charge is 0.497 e. The van der Waals surface area contributed by atoms with Gasteiger partial charge in [-0.2, -0.15) is 0 Å². The molecule has 0 amide bonds. The SMILES string of the molecule is COc1ccc(OC)c(CCc2ncc(N)cn2)c1. The molecule has 0 aliphatic carbocycles. The van der Waals surface area contributed by atoms with E-state index in [0.29, 0.717) is 5.69 Å².